The minimum atomic E-state index is -0.125. The van der Waals surface area contributed by atoms with Crippen molar-refractivity contribution in [2.24, 2.45) is 0 Å². The van der Waals surface area contributed by atoms with Crippen LogP contribution in [0.1, 0.15) is 91.6 Å². The zero-order valence-electron chi connectivity index (χ0n) is 56.5. The first-order valence-corrected chi connectivity index (χ1v) is 30.2. The number of pyridine rings is 3. The fourth-order valence-corrected chi connectivity index (χ4v) is 10.1. The first kappa shape index (κ1) is 79.4. The fourth-order valence-electron chi connectivity index (χ4n) is 10.1. The molecule has 0 bridgehead atoms. The van der Waals surface area contributed by atoms with Gasteiger partial charge in [0.2, 0.25) is 17.1 Å². The Morgan fingerprint density at radius 1 is 0.354 bits per heavy atom. The molecule has 15 heteroatoms. The Bertz CT molecular complexity index is 4570. The molecule has 0 aliphatic carbocycles. The first-order valence-electron chi connectivity index (χ1n) is 30.2. The van der Waals surface area contributed by atoms with E-state index in [1.165, 1.54) is 93.2 Å². The molecule has 0 saturated heterocycles. The Kier molecular flexibility index (Phi) is 30.9. The molecule has 501 valence electrons. The van der Waals surface area contributed by atoms with Crippen LogP contribution in [-0.2, 0) is 74.7 Å². The molecule has 0 aliphatic heterocycles. The molecule has 0 amide bonds. The average molecular weight is 1810 g/mol. The number of hydrogen-bond acceptors (Lipinski definition) is 12. The van der Waals surface area contributed by atoms with E-state index in [1.54, 1.807) is 0 Å². The Morgan fingerprint density at radius 2 is 0.667 bits per heavy atom. The molecule has 3 N–H and O–H groups in total. The summed E-state index contributed by atoms with van der Waals surface area (Å²) in [7, 11) is 0. The predicted octanol–water partition coefficient (Wildman–Crippen LogP) is 20.8. The van der Waals surface area contributed by atoms with Crippen molar-refractivity contribution in [2.45, 2.75) is 104 Å². The SMILES string of the molecule is CC(=O)C=C(C)O.CC(=O)C=C(C)O.CC(=O)C=C(C)O.Cc1[c-]c(-c2ccc3cc(-c4c(C)cccc4C)oc3n2)cc(C)c1.Cc1[c-]c(-c2ccc3cc(-c4ccc(C)cc4)oc3n2)cc(C)c1.Cc1[c-]c(-c2ccc3cc(-c4ccccc4)oc3n2)cc(C)c1.[Ir].[Ir].[Ir]. The molecule has 3 radical (unpaired) electrons. The summed E-state index contributed by atoms with van der Waals surface area (Å²) < 4.78 is 18.1. The summed E-state index contributed by atoms with van der Waals surface area (Å²) in [6, 6.07) is 65.9. The number of nitrogens with zero attached hydrogens (tertiary/aromatic N) is 3. The summed E-state index contributed by atoms with van der Waals surface area (Å²) in [5, 5.41) is 28.1. The van der Waals surface area contributed by atoms with Gasteiger partial charge in [-0.1, -0.05) is 156 Å². The van der Waals surface area contributed by atoms with Gasteiger partial charge in [-0.2, -0.15) is 0 Å². The van der Waals surface area contributed by atoms with Gasteiger partial charge >= 0.3 is 0 Å². The molecule has 96 heavy (non-hydrogen) atoms. The molecule has 0 spiro atoms. The van der Waals surface area contributed by atoms with Crippen molar-refractivity contribution in [1.29, 1.82) is 0 Å². The van der Waals surface area contributed by atoms with Crippen molar-refractivity contribution < 1.29 is 103 Å². The second kappa shape index (κ2) is 37.3. The Labute approximate surface area is 603 Å². The van der Waals surface area contributed by atoms with Gasteiger partial charge in [0.25, 0.3) is 0 Å². The monoisotopic (exact) mass is 1820 g/mol. The number of carbonyl (C=O) groups excluding carboxylic acids is 3. The van der Waals surface area contributed by atoms with Crippen LogP contribution in [0.25, 0.3) is 101 Å². The van der Waals surface area contributed by atoms with Crippen molar-refractivity contribution in [3.8, 4) is 67.7 Å². The third-order valence-corrected chi connectivity index (χ3v) is 13.8. The minimum absolute atomic E-state index is 0. The standard InChI is InChI=1S/C23H20NO.C22H18NO.C21H16NO.3C5H8O2.3Ir/c1-14-10-15(2)12-19(11-14)20-9-8-18-13-21(25-23(18)24-20)22-16(3)6-5-7-17(22)4;1-14-4-6-17(7-5-14)21-13-18-8-9-20(23-22(18)24-21)19-11-15(2)10-16(3)12-19;1-14-10-15(2)12-18(11-14)19-9-8-17-13-20(23-21(17)22-19)16-6-4-3-5-7-16;3*1-4(6)3-5(2)7;;;/h5-11,13H,1-4H3;4-11,13H,1-3H3;3-11,13H,1-2H3;3*3,6H,1-2H3;;;/q3*-1;;;;;;. The van der Waals surface area contributed by atoms with Crippen LogP contribution < -0.4 is 0 Å². The number of ketones is 3. The number of benzene rings is 6. The molecule has 0 atom stereocenters. The smallest absolute Gasteiger partial charge is 0.217 e. The third-order valence-electron chi connectivity index (χ3n) is 13.8. The van der Waals surface area contributed by atoms with E-state index < -0.39 is 0 Å². The topological polar surface area (TPSA) is 190 Å². The van der Waals surface area contributed by atoms with Crippen LogP contribution in [0.4, 0.5) is 0 Å². The van der Waals surface area contributed by atoms with Crippen molar-refractivity contribution in [2.75, 3.05) is 0 Å². The summed E-state index contributed by atoms with van der Waals surface area (Å²) in [5.74, 6) is 2.38. The van der Waals surface area contributed by atoms with E-state index in [0.29, 0.717) is 17.1 Å². The van der Waals surface area contributed by atoms with E-state index >= 15 is 0 Å². The zero-order chi connectivity index (χ0) is 67.6. The molecule has 0 aliphatic rings. The number of hydrogen-bond donors (Lipinski definition) is 3. The molecule has 6 aromatic heterocycles. The van der Waals surface area contributed by atoms with E-state index in [-0.39, 0.29) is 94.9 Å². The zero-order valence-corrected chi connectivity index (χ0v) is 63.6. The van der Waals surface area contributed by atoms with Crippen LogP contribution >= 0.6 is 0 Å². The van der Waals surface area contributed by atoms with Gasteiger partial charge in [0, 0.05) is 111 Å². The van der Waals surface area contributed by atoms with Crippen LogP contribution in [0.3, 0.4) is 0 Å². The summed E-state index contributed by atoms with van der Waals surface area (Å²) in [6.45, 7) is 27.3. The molecule has 0 fully saturated rings. The Hall–Kier alpha value is -9.03. The van der Waals surface area contributed by atoms with Gasteiger partial charge < -0.3 is 28.6 Å². The van der Waals surface area contributed by atoms with Gasteiger partial charge in [-0.25, -0.2) is 0 Å². The van der Waals surface area contributed by atoms with E-state index in [0.717, 1.165) is 101 Å². The molecule has 12 rings (SSSR count). The summed E-state index contributed by atoms with van der Waals surface area (Å²) in [6.07, 6.45) is 3.50. The van der Waals surface area contributed by atoms with Gasteiger partial charge in [0.15, 0.2) is 17.3 Å². The fraction of sp³-hybridized carbons (Fsp3) is 0.185. The van der Waals surface area contributed by atoms with Crippen LogP contribution in [0, 0.1) is 80.5 Å². The number of aromatic nitrogens is 3. The second-order valence-corrected chi connectivity index (χ2v) is 23.1. The third kappa shape index (κ3) is 24.0. The van der Waals surface area contributed by atoms with Crippen molar-refractivity contribution in [1.82, 2.24) is 15.0 Å². The molecular formula is C81H78Ir3N3O9-3. The molecular weight excluding hydrogens is 1740 g/mol. The van der Waals surface area contributed by atoms with Gasteiger partial charge in [-0.3, -0.25) is 29.3 Å². The Morgan fingerprint density at radius 3 is 0.969 bits per heavy atom. The van der Waals surface area contributed by atoms with Crippen molar-refractivity contribution in [3.63, 3.8) is 0 Å². The number of rotatable bonds is 9. The predicted molar refractivity (Wildman–Crippen MR) is 375 cm³/mol. The van der Waals surface area contributed by atoms with Crippen LogP contribution in [0.15, 0.2) is 213 Å². The second-order valence-electron chi connectivity index (χ2n) is 23.1. The van der Waals surface area contributed by atoms with Crippen LogP contribution in [0.2, 0.25) is 0 Å². The normalized spacial score (nSPS) is 10.8. The quantitative estimate of drug-likeness (QED) is 0.0705. The van der Waals surface area contributed by atoms with Crippen LogP contribution in [0.5, 0.6) is 0 Å². The molecule has 12 aromatic rings. The molecule has 0 saturated carbocycles. The summed E-state index contributed by atoms with van der Waals surface area (Å²) in [5.41, 5.74) is 21.6. The largest absolute Gasteiger partial charge is 0.512 e. The van der Waals surface area contributed by atoms with Crippen molar-refractivity contribution in [3.05, 3.63) is 268 Å². The maximum Gasteiger partial charge on any atom is 0.217 e. The number of aliphatic hydroxyl groups excluding tert-OH is 3. The van der Waals surface area contributed by atoms with E-state index in [2.05, 4.69) is 189 Å². The van der Waals surface area contributed by atoms with Crippen LogP contribution in [-0.4, -0.2) is 47.6 Å². The molecule has 12 nitrogen and oxygen atoms in total. The number of carbonyl (C=O) groups is 3. The van der Waals surface area contributed by atoms with E-state index in [1.807, 2.05) is 60.7 Å². The summed E-state index contributed by atoms with van der Waals surface area (Å²) >= 11 is 0. The molecule has 6 aromatic carbocycles. The number of aliphatic hydroxyl groups is 3. The number of allylic oxidation sites excluding steroid dienone is 6. The summed E-state index contributed by atoms with van der Waals surface area (Å²) in [4.78, 5) is 44.2. The van der Waals surface area contributed by atoms with E-state index in [4.69, 9.17) is 38.5 Å². The Balaban J connectivity index is 0.000000263. The number of furan rings is 3. The number of fused-ring (bicyclic) bond motifs is 3. The van der Waals surface area contributed by atoms with Gasteiger partial charge in [0.1, 0.15) is 17.3 Å². The maximum absolute atomic E-state index is 10.0. The number of aryl methyl sites for hydroxylation is 9. The average Bonchev–Trinajstić information content (AvgIpc) is 1.63. The van der Waals surface area contributed by atoms with Gasteiger partial charge in [-0.05, 0) is 109 Å². The first-order chi connectivity index (χ1) is 44.2. The maximum atomic E-state index is 10.0. The molecule has 6 heterocycles. The molecule has 0 unspecified atom stereocenters. The minimum Gasteiger partial charge on any atom is -0.512 e. The van der Waals surface area contributed by atoms with E-state index in [9.17, 15) is 14.4 Å². The van der Waals surface area contributed by atoms with Crippen molar-refractivity contribution >= 4 is 50.6 Å². The van der Waals surface area contributed by atoms with Gasteiger partial charge in [-0.15, -0.1) is 105 Å². The van der Waals surface area contributed by atoms with Gasteiger partial charge in [0.05, 0.1) is 17.3 Å².